The van der Waals surface area contributed by atoms with E-state index in [1.54, 1.807) is 13.8 Å². The molecule has 0 saturated heterocycles. The lowest BCUT2D eigenvalue weighted by Gasteiger charge is -2.11. The topological polar surface area (TPSA) is 64.3 Å². The third-order valence-electron chi connectivity index (χ3n) is 2.85. The van der Waals surface area contributed by atoms with E-state index in [0.29, 0.717) is 11.1 Å². The second-order valence-electron chi connectivity index (χ2n) is 4.47. The first kappa shape index (κ1) is 16.7. The molecule has 1 aromatic rings. The van der Waals surface area contributed by atoms with Crippen molar-refractivity contribution in [2.75, 3.05) is 6.26 Å². The Kier molecular flexibility index (Phi) is 4.95. The van der Waals surface area contributed by atoms with Gasteiger partial charge in [0.1, 0.15) is 12.2 Å². The summed E-state index contributed by atoms with van der Waals surface area (Å²) in [4.78, 5) is 11.9. The molecular weight excluding hydrogens is 295 g/mol. The van der Waals surface area contributed by atoms with Crippen molar-refractivity contribution in [3.05, 3.63) is 18.0 Å². The van der Waals surface area contributed by atoms with Crippen molar-refractivity contribution in [1.29, 1.82) is 0 Å². The van der Waals surface area contributed by atoms with Crippen LogP contribution in [-0.4, -0.2) is 37.6 Å². The van der Waals surface area contributed by atoms with Crippen molar-refractivity contribution >= 4 is 15.6 Å². The van der Waals surface area contributed by atoms with Gasteiger partial charge < -0.3 is 0 Å². The Labute approximate surface area is 115 Å². The zero-order valence-corrected chi connectivity index (χ0v) is 12.2. The van der Waals surface area contributed by atoms with Gasteiger partial charge in [-0.05, 0) is 19.4 Å². The van der Waals surface area contributed by atoms with E-state index in [4.69, 9.17) is 0 Å². The average Bonchev–Trinajstić information content (AvgIpc) is 2.72. The summed E-state index contributed by atoms with van der Waals surface area (Å²) in [6.45, 7) is 2.08. The molecule has 0 N–H and O–H groups in total. The molecule has 0 fully saturated rings. The van der Waals surface area contributed by atoms with Gasteiger partial charge in [0.25, 0.3) is 0 Å². The first-order chi connectivity index (χ1) is 9.07. The Balaban J connectivity index is 3.09. The van der Waals surface area contributed by atoms with Crippen LogP contribution in [0.1, 0.15) is 30.8 Å². The number of hydrogen-bond donors (Lipinski definition) is 0. The van der Waals surface area contributed by atoms with Crippen LogP contribution >= 0.6 is 0 Å². The Bertz CT molecular complexity index is 600. The number of rotatable bonds is 4. The normalized spacial score (nSPS) is 16.5. The molecule has 2 unspecified atom stereocenters. The highest BCUT2D eigenvalue weighted by atomic mass is 32.2. The summed E-state index contributed by atoms with van der Waals surface area (Å²) in [5.74, 6) is -0.945. The second-order valence-corrected chi connectivity index (χ2v) is 7.18. The first-order valence-corrected chi connectivity index (χ1v) is 7.89. The van der Waals surface area contributed by atoms with Crippen molar-refractivity contribution in [2.24, 2.45) is 4.36 Å². The number of carbonyl (C=O) groups is 1. The average molecular weight is 311 g/mol. The first-order valence-electron chi connectivity index (χ1n) is 5.90. The molecule has 0 aliphatic carbocycles. The summed E-state index contributed by atoms with van der Waals surface area (Å²) in [6.07, 6.45) is -1.54. The SMILES string of the molecule is CCC(C)S(C)(=O)=NC(=O)c1ccnn1CC(F)(F)F. The monoisotopic (exact) mass is 311 g/mol. The fourth-order valence-corrected chi connectivity index (χ4v) is 2.64. The zero-order chi connectivity index (χ0) is 15.6. The maximum atomic E-state index is 12.3. The van der Waals surface area contributed by atoms with Crippen LogP contribution in [-0.2, 0) is 16.3 Å². The molecule has 5 nitrogen and oxygen atoms in total. The molecule has 0 aromatic carbocycles. The maximum absolute atomic E-state index is 12.3. The Morgan fingerprint density at radius 3 is 2.65 bits per heavy atom. The third kappa shape index (κ3) is 4.32. The number of hydrogen-bond acceptors (Lipinski definition) is 3. The number of amides is 1. The number of nitrogens with zero attached hydrogens (tertiary/aromatic N) is 3. The van der Waals surface area contributed by atoms with E-state index in [0.717, 1.165) is 12.3 Å². The smallest absolute Gasteiger partial charge is 0.264 e. The van der Waals surface area contributed by atoms with E-state index in [1.807, 2.05) is 0 Å². The number of halogens is 3. The van der Waals surface area contributed by atoms with Gasteiger partial charge in [0.2, 0.25) is 0 Å². The minimum atomic E-state index is -4.49. The predicted molar refractivity (Wildman–Crippen MR) is 68.9 cm³/mol. The molecule has 0 spiro atoms. The predicted octanol–water partition coefficient (Wildman–Crippen LogP) is 2.48. The summed E-state index contributed by atoms with van der Waals surface area (Å²) in [5.41, 5.74) is -0.319. The Morgan fingerprint density at radius 2 is 2.15 bits per heavy atom. The molecule has 9 heteroatoms. The number of aromatic nitrogens is 2. The van der Waals surface area contributed by atoms with E-state index in [-0.39, 0.29) is 10.9 Å². The minimum Gasteiger partial charge on any atom is -0.264 e. The minimum absolute atomic E-state index is 0.319. The van der Waals surface area contributed by atoms with Crippen LogP contribution in [0.5, 0.6) is 0 Å². The van der Waals surface area contributed by atoms with Crippen LogP contribution < -0.4 is 0 Å². The van der Waals surface area contributed by atoms with Crippen LogP contribution in [0.15, 0.2) is 16.6 Å². The van der Waals surface area contributed by atoms with Gasteiger partial charge in [-0.1, -0.05) is 6.92 Å². The molecule has 0 aliphatic heterocycles. The third-order valence-corrected chi connectivity index (χ3v) is 5.21. The highest BCUT2D eigenvalue weighted by molar-refractivity contribution is 7.93. The van der Waals surface area contributed by atoms with Gasteiger partial charge in [0.05, 0.1) is 9.73 Å². The van der Waals surface area contributed by atoms with Gasteiger partial charge in [-0.15, -0.1) is 0 Å². The van der Waals surface area contributed by atoms with E-state index in [1.165, 1.54) is 6.26 Å². The molecule has 1 amide bonds. The summed E-state index contributed by atoms with van der Waals surface area (Å²) < 4.78 is 53.2. The molecule has 0 radical (unpaired) electrons. The van der Waals surface area contributed by atoms with Crippen LogP contribution in [0.4, 0.5) is 13.2 Å². The maximum Gasteiger partial charge on any atom is 0.408 e. The summed E-state index contributed by atoms with van der Waals surface area (Å²) in [7, 11) is -2.79. The van der Waals surface area contributed by atoms with Crippen molar-refractivity contribution in [3.63, 3.8) is 0 Å². The molecule has 0 bridgehead atoms. The van der Waals surface area contributed by atoms with Crippen molar-refractivity contribution < 1.29 is 22.2 Å². The van der Waals surface area contributed by atoms with Gasteiger partial charge in [-0.25, -0.2) is 4.21 Å². The van der Waals surface area contributed by atoms with Gasteiger partial charge in [-0.2, -0.15) is 22.6 Å². The molecule has 2 atom stereocenters. The molecule has 1 rings (SSSR count). The lowest BCUT2D eigenvalue weighted by Crippen LogP contribution is -2.22. The van der Waals surface area contributed by atoms with Crippen molar-refractivity contribution in [3.8, 4) is 0 Å². The second kappa shape index (κ2) is 5.94. The molecular formula is C11H16F3N3O2S. The van der Waals surface area contributed by atoms with E-state index < -0.39 is 28.4 Å². The van der Waals surface area contributed by atoms with E-state index in [9.17, 15) is 22.2 Å². The van der Waals surface area contributed by atoms with Crippen molar-refractivity contribution in [2.45, 2.75) is 38.2 Å². The van der Waals surface area contributed by atoms with Gasteiger partial charge >= 0.3 is 12.1 Å². The Morgan fingerprint density at radius 1 is 1.55 bits per heavy atom. The molecule has 0 aliphatic rings. The van der Waals surface area contributed by atoms with E-state index in [2.05, 4.69) is 9.46 Å². The molecule has 1 heterocycles. The largest absolute Gasteiger partial charge is 0.408 e. The zero-order valence-electron chi connectivity index (χ0n) is 11.3. The summed E-state index contributed by atoms with van der Waals surface area (Å²) in [6, 6.07) is 1.13. The van der Waals surface area contributed by atoms with Gasteiger partial charge in [-0.3, -0.25) is 9.48 Å². The highest BCUT2D eigenvalue weighted by Gasteiger charge is 2.30. The fraction of sp³-hybridized carbons (Fsp3) is 0.636. The number of alkyl halides is 3. The standard InChI is InChI=1S/C11H16F3N3O2S/c1-4-8(2)20(3,19)16-10(18)9-5-6-15-17(9)7-11(12,13)14/h5-6,8H,4,7H2,1-3H3. The number of carbonyl (C=O) groups excluding carboxylic acids is 1. The van der Waals surface area contributed by atoms with Crippen LogP contribution in [0.3, 0.4) is 0 Å². The lowest BCUT2D eigenvalue weighted by molar-refractivity contribution is -0.142. The van der Waals surface area contributed by atoms with E-state index >= 15 is 0 Å². The molecule has 0 saturated carbocycles. The van der Waals surface area contributed by atoms with Gasteiger partial charge in [0.15, 0.2) is 0 Å². The van der Waals surface area contributed by atoms with Crippen LogP contribution in [0.25, 0.3) is 0 Å². The summed E-state index contributed by atoms with van der Waals surface area (Å²) in [5, 5.41) is 3.11. The summed E-state index contributed by atoms with van der Waals surface area (Å²) >= 11 is 0. The van der Waals surface area contributed by atoms with Gasteiger partial charge in [0, 0.05) is 17.7 Å². The molecule has 114 valence electrons. The van der Waals surface area contributed by atoms with Crippen LogP contribution in [0.2, 0.25) is 0 Å². The highest BCUT2D eigenvalue weighted by Crippen LogP contribution is 2.18. The lowest BCUT2D eigenvalue weighted by atomic mass is 10.4. The van der Waals surface area contributed by atoms with Crippen LogP contribution in [0, 0.1) is 0 Å². The van der Waals surface area contributed by atoms with Crippen molar-refractivity contribution in [1.82, 2.24) is 9.78 Å². The fourth-order valence-electron chi connectivity index (χ4n) is 1.42. The quantitative estimate of drug-likeness (QED) is 0.858. The Hall–Kier alpha value is -1.38. The molecule has 20 heavy (non-hydrogen) atoms. The molecule has 1 aromatic heterocycles.